The SMILES string of the molecule is CCCC(CCO)CNCC(C)C(=O)OC. The summed E-state index contributed by atoms with van der Waals surface area (Å²) in [6.07, 6.45) is 3.06. The summed E-state index contributed by atoms with van der Waals surface area (Å²) in [6, 6.07) is 0. The lowest BCUT2D eigenvalue weighted by Crippen LogP contribution is -2.31. The molecule has 0 aliphatic rings. The molecule has 0 bridgehead atoms. The molecule has 0 heterocycles. The maximum absolute atomic E-state index is 11.1. The summed E-state index contributed by atoms with van der Waals surface area (Å²) in [5.41, 5.74) is 0. The predicted octanol–water partition coefficient (Wildman–Crippen LogP) is 1.18. The van der Waals surface area contributed by atoms with E-state index in [-0.39, 0.29) is 18.5 Å². The quantitative estimate of drug-likeness (QED) is 0.585. The molecule has 0 aromatic rings. The summed E-state index contributed by atoms with van der Waals surface area (Å²) >= 11 is 0. The van der Waals surface area contributed by atoms with Gasteiger partial charge in [-0.3, -0.25) is 4.79 Å². The molecule has 0 fully saturated rings. The normalized spacial score (nSPS) is 14.5. The molecule has 0 saturated carbocycles. The van der Waals surface area contributed by atoms with E-state index in [9.17, 15) is 4.79 Å². The summed E-state index contributed by atoms with van der Waals surface area (Å²) in [4.78, 5) is 11.1. The van der Waals surface area contributed by atoms with Crippen LogP contribution in [0.2, 0.25) is 0 Å². The molecule has 0 aliphatic carbocycles. The lowest BCUT2D eigenvalue weighted by Gasteiger charge is -2.17. The summed E-state index contributed by atoms with van der Waals surface area (Å²) in [7, 11) is 1.41. The van der Waals surface area contributed by atoms with Gasteiger partial charge in [-0.25, -0.2) is 0 Å². The van der Waals surface area contributed by atoms with Crippen molar-refractivity contribution in [3.8, 4) is 0 Å². The van der Waals surface area contributed by atoms with E-state index in [0.717, 1.165) is 25.8 Å². The van der Waals surface area contributed by atoms with Gasteiger partial charge in [-0.15, -0.1) is 0 Å². The molecule has 0 amide bonds. The molecule has 0 aromatic carbocycles. The Morgan fingerprint density at radius 3 is 2.56 bits per heavy atom. The fourth-order valence-electron chi connectivity index (χ4n) is 1.73. The van der Waals surface area contributed by atoms with Gasteiger partial charge in [0.25, 0.3) is 0 Å². The number of methoxy groups -OCH3 is 1. The van der Waals surface area contributed by atoms with Crippen molar-refractivity contribution in [3.63, 3.8) is 0 Å². The molecular formula is C12H25NO3. The minimum atomic E-state index is -0.179. The molecule has 4 heteroatoms. The van der Waals surface area contributed by atoms with Crippen molar-refractivity contribution in [2.24, 2.45) is 11.8 Å². The molecule has 4 nitrogen and oxygen atoms in total. The molecule has 2 N–H and O–H groups in total. The van der Waals surface area contributed by atoms with Crippen LogP contribution in [0.15, 0.2) is 0 Å². The number of nitrogens with one attached hydrogen (secondary N) is 1. The van der Waals surface area contributed by atoms with Crippen molar-refractivity contribution < 1.29 is 14.6 Å². The number of aliphatic hydroxyl groups excluding tert-OH is 1. The molecule has 0 saturated heterocycles. The molecule has 16 heavy (non-hydrogen) atoms. The third-order valence-electron chi connectivity index (χ3n) is 2.72. The Balaban J connectivity index is 3.71. The van der Waals surface area contributed by atoms with Crippen molar-refractivity contribution in [3.05, 3.63) is 0 Å². The number of ether oxygens (including phenoxy) is 1. The highest BCUT2D eigenvalue weighted by Crippen LogP contribution is 2.09. The fraction of sp³-hybridized carbons (Fsp3) is 0.917. The Bertz CT molecular complexity index is 179. The van der Waals surface area contributed by atoms with Gasteiger partial charge in [-0.05, 0) is 25.3 Å². The van der Waals surface area contributed by atoms with Crippen molar-refractivity contribution >= 4 is 5.97 Å². The summed E-state index contributed by atoms with van der Waals surface area (Å²) in [5.74, 6) is 0.211. The second-order valence-electron chi connectivity index (χ2n) is 4.25. The number of hydrogen-bond acceptors (Lipinski definition) is 4. The zero-order chi connectivity index (χ0) is 12.4. The van der Waals surface area contributed by atoms with Crippen LogP contribution in [0.4, 0.5) is 0 Å². The monoisotopic (exact) mass is 231 g/mol. The van der Waals surface area contributed by atoms with Gasteiger partial charge in [0.1, 0.15) is 0 Å². The van der Waals surface area contributed by atoms with Crippen LogP contribution in [-0.4, -0.2) is 37.9 Å². The molecule has 0 rings (SSSR count). The van der Waals surface area contributed by atoms with E-state index in [1.165, 1.54) is 7.11 Å². The van der Waals surface area contributed by atoms with Crippen LogP contribution in [-0.2, 0) is 9.53 Å². The number of esters is 1. The van der Waals surface area contributed by atoms with Gasteiger partial charge in [0.05, 0.1) is 13.0 Å². The van der Waals surface area contributed by atoms with Crippen LogP contribution in [0.25, 0.3) is 0 Å². The van der Waals surface area contributed by atoms with Crippen LogP contribution in [0.3, 0.4) is 0 Å². The third kappa shape index (κ3) is 6.80. The fourth-order valence-corrected chi connectivity index (χ4v) is 1.73. The first kappa shape index (κ1) is 15.4. The Morgan fingerprint density at radius 1 is 1.38 bits per heavy atom. The average molecular weight is 231 g/mol. The maximum Gasteiger partial charge on any atom is 0.309 e. The minimum absolute atomic E-state index is 0.110. The summed E-state index contributed by atoms with van der Waals surface area (Å²) < 4.78 is 4.65. The van der Waals surface area contributed by atoms with E-state index >= 15 is 0 Å². The van der Waals surface area contributed by atoms with E-state index in [4.69, 9.17) is 5.11 Å². The molecule has 2 atom stereocenters. The number of hydrogen-bond donors (Lipinski definition) is 2. The van der Waals surface area contributed by atoms with Crippen LogP contribution < -0.4 is 5.32 Å². The van der Waals surface area contributed by atoms with Gasteiger partial charge in [0.15, 0.2) is 0 Å². The Hall–Kier alpha value is -0.610. The van der Waals surface area contributed by atoms with E-state index in [0.29, 0.717) is 12.5 Å². The number of carbonyl (C=O) groups is 1. The summed E-state index contributed by atoms with van der Waals surface area (Å²) in [5, 5.41) is 12.2. The van der Waals surface area contributed by atoms with Crippen molar-refractivity contribution in [2.45, 2.75) is 33.1 Å². The molecule has 2 unspecified atom stereocenters. The van der Waals surface area contributed by atoms with Crippen molar-refractivity contribution in [2.75, 3.05) is 26.8 Å². The zero-order valence-electron chi connectivity index (χ0n) is 10.7. The van der Waals surface area contributed by atoms with Crippen LogP contribution in [0.5, 0.6) is 0 Å². The first-order valence-electron chi connectivity index (χ1n) is 6.05. The van der Waals surface area contributed by atoms with Crippen LogP contribution in [0.1, 0.15) is 33.1 Å². The summed E-state index contributed by atoms with van der Waals surface area (Å²) in [6.45, 7) is 5.72. The topological polar surface area (TPSA) is 58.6 Å². The smallest absolute Gasteiger partial charge is 0.309 e. The number of aliphatic hydroxyl groups is 1. The second-order valence-corrected chi connectivity index (χ2v) is 4.25. The molecule has 0 spiro atoms. The minimum Gasteiger partial charge on any atom is -0.469 e. The van der Waals surface area contributed by atoms with Gasteiger partial charge in [0, 0.05) is 13.2 Å². The van der Waals surface area contributed by atoms with Gasteiger partial charge in [-0.1, -0.05) is 20.3 Å². The highest BCUT2D eigenvalue weighted by atomic mass is 16.5. The van der Waals surface area contributed by atoms with Gasteiger partial charge >= 0.3 is 5.97 Å². The van der Waals surface area contributed by atoms with Crippen molar-refractivity contribution in [1.82, 2.24) is 5.32 Å². The van der Waals surface area contributed by atoms with Gasteiger partial charge in [-0.2, -0.15) is 0 Å². The molecule has 96 valence electrons. The van der Waals surface area contributed by atoms with Gasteiger partial charge in [0.2, 0.25) is 0 Å². The molecular weight excluding hydrogens is 206 g/mol. The molecule has 0 aliphatic heterocycles. The van der Waals surface area contributed by atoms with Crippen LogP contribution in [0, 0.1) is 11.8 Å². The highest BCUT2D eigenvalue weighted by molar-refractivity contribution is 5.71. The lowest BCUT2D eigenvalue weighted by molar-refractivity contribution is -0.144. The molecule has 0 aromatic heterocycles. The Morgan fingerprint density at radius 2 is 2.06 bits per heavy atom. The Kier molecular flexibility index (Phi) is 9.24. The largest absolute Gasteiger partial charge is 0.469 e. The zero-order valence-corrected chi connectivity index (χ0v) is 10.7. The van der Waals surface area contributed by atoms with Crippen molar-refractivity contribution in [1.29, 1.82) is 0 Å². The Labute approximate surface area is 98.4 Å². The lowest BCUT2D eigenvalue weighted by atomic mass is 10.00. The standard InChI is InChI=1S/C12H25NO3/c1-4-5-11(6-7-14)9-13-8-10(2)12(15)16-3/h10-11,13-14H,4-9H2,1-3H3. The second kappa shape index (κ2) is 9.60. The number of rotatable bonds is 9. The predicted molar refractivity (Wildman–Crippen MR) is 64.2 cm³/mol. The third-order valence-corrected chi connectivity index (χ3v) is 2.72. The molecule has 0 radical (unpaired) electrons. The van der Waals surface area contributed by atoms with E-state index in [1.807, 2.05) is 6.92 Å². The maximum atomic E-state index is 11.1. The van der Waals surface area contributed by atoms with E-state index < -0.39 is 0 Å². The average Bonchev–Trinajstić information content (AvgIpc) is 2.28. The van der Waals surface area contributed by atoms with Crippen LogP contribution >= 0.6 is 0 Å². The van der Waals surface area contributed by atoms with E-state index in [2.05, 4.69) is 17.0 Å². The van der Waals surface area contributed by atoms with E-state index in [1.54, 1.807) is 0 Å². The highest BCUT2D eigenvalue weighted by Gasteiger charge is 2.13. The number of carbonyl (C=O) groups excluding carboxylic acids is 1. The first-order chi connectivity index (χ1) is 7.65. The first-order valence-corrected chi connectivity index (χ1v) is 6.05. The van der Waals surface area contributed by atoms with Gasteiger partial charge < -0.3 is 15.2 Å².